The van der Waals surface area contributed by atoms with E-state index in [2.05, 4.69) is 164 Å². The first-order valence-electron chi connectivity index (χ1n) is 13.0. The van der Waals surface area contributed by atoms with Crippen LogP contribution in [-0.4, -0.2) is 51.1 Å². The third kappa shape index (κ3) is 9.95. The molecule has 1 unspecified atom stereocenters. The van der Waals surface area contributed by atoms with E-state index in [1.54, 1.807) is 0 Å². The number of benzene rings is 3. The maximum Gasteiger partial charge on any atom is 0.162 e. The predicted octanol–water partition coefficient (Wildman–Crippen LogP) is 6.39. The van der Waals surface area contributed by atoms with Crippen LogP contribution in [0, 0.1) is 12.0 Å². The van der Waals surface area contributed by atoms with Crippen molar-refractivity contribution in [2.75, 3.05) is 57.0 Å². The van der Waals surface area contributed by atoms with Gasteiger partial charge in [0.2, 0.25) is 0 Å². The van der Waals surface area contributed by atoms with Crippen LogP contribution in [-0.2, 0) is 21.7 Å². The molecule has 1 atom stereocenters. The van der Waals surface area contributed by atoms with Crippen molar-refractivity contribution in [2.24, 2.45) is 5.92 Å². The van der Waals surface area contributed by atoms with E-state index in [0.29, 0.717) is 5.92 Å². The fraction of sp³-hybridized carbons (Fsp3) is 0.333. The molecule has 0 bridgehead atoms. The third-order valence-electron chi connectivity index (χ3n) is 7.20. The third-order valence-corrected chi connectivity index (χ3v) is 10.1. The second-order valence-corrected chi connectivity index (χ2v) is 12.8. The molecule has 223 valence electrons. The van der Waals surface area contributed by atoms with Crippen molar-refractivity contribution in [2.45, 2.75) is 27.7 Å². The molecule has 3 aromatic rings. The first-order chi connectivity index (χ1) is 17.5. The van der Waals surface area contributed by atoms with Crippen LogP contribution in [0.15, 0.2) is 89.5 Å². The normalized spacial score (nSPS) is 13.3. The van der Waals surface area contributed by atoms with E-state index in [1.165, 1.54) is 49.3 Å². The second kappa shape index (κ2) is 18.8. The van der Waals surface area contributed by atoms with Crippen LogP contribution in [0.5, 0.6) is 0 Å². The van der Waals surface area contributed by atoms with Gasteiger partial charge >= 0.3 is 0 Å². The first-order valence-corrected chi connectivity index (χ1v) is 14.5. The Morgan fingerprint density at radius 2 is 0.854 bits per heavy atom. The van der Waals surface area contributed by atoms with Crippen LogP contribution in [0.2, 0.25) is 0 Å². The molecule has 0 spiro atoms. The van der Waals surface area contributed by atoms with Gasteiger partial charge in [-0.15, -0.1) is 44.1 Å². The van der Waals surface area contributed by atoms with E-state index in [0.717, 1.165) is 0 Å². The predicted molar refractivity (Wildman–Crippen MR) is 189 cm³/mol. The Bertz CT molecular complexity index is 1170. The fourth-order valence-corrected chi connectivity index (χ4v) is 8.17. The SMILES string of the molecule is CC1=[C-]C(C)C(C)=C1C.CN(C)c1ccccc1[Si](c1ccccc1N(C)C)c1ccccc1N(C)C.Cl.Cl.Cl.[Ti]. The van der Waals surface area contributed by atoms with Gasteiger partial charge in [-0.1, -0.05) is 81.3 Å². The van der Waals surface area contributed by atoms with Crippen molar-refractivity contribution >= 4 is 78.6 Å². The Kier molecular flexibility index (Phi) is 19.0. The average molecular weight is 667 g/mol. The van der Waals surface area contributed by atoms with Crippen molar-refractivity contribution in [3.05, 3.63) is 95.6 Å². The van der Waals surface area contributed by atoms with Crippen LogP contribution in [0.1, 0.15) is 27.7 Å². The molecule has 8 heteroatoms. The van der Waals surface area contributed by atoms with Crippen molar-refractivity contribution < 1.29 is 21.7 Å². The van der Waals surface area contributed by atoms with E-state index in [4.69, 9.17) is 0 Å². The number of para-hydroxylation sites is 3. The second-order valence-electron chi connectivity index (χ2n) is 10.4. The number of allylic oxidation sites excluding steroid dienone is 4. The standard InChI is InChI=1S/C24H30N3Si.C9H13.3ClH.Ti/c1-25(2)19-13-7-10-16-22(19)28(23-17-11-8-14-20(23)26(3)4)24-18-12-9-15-21(24)27(5)6;1-6-5-7(2)9(4)8(6)3;;;;/h7-18H,1-6H3;6H,1-4H3;3*1H;/q;-1;;;;. The summed E-state index contributed by atoms with van der Waals surface area (Å²) in [5, 5.41) is 4.25. The quantitative estimate of drug-likeness (QED) is 0.172. The summed E-state index contributed by atoms with van der Waals surface area (Å²) in [6, 6.07) is 26.5. The molecule has 3 aromatic carbocycles. The Morgan fingerprint density at radius 3 is 1.05 bits per heavy atom. The minimum atomic E-state index is -1.23. The van der Waals surface area contributed by atoms with Gasteiger partial charge in [0.15, 0.2) is 8.80 Å². The van der Waals surface area contributed by atoms with E-state index in [9.17, 15) is 0 Å². The molecule has 0 fully saturated rings. The largest absolute Gasteiger partial charge is 0.378 e. The van der Waals surface area contributed by atoms with Gasteiger partial charge in [0.1, 0.15) is 0 Å². The molecule has 1 radical (unpaired) electrons. The van der Waals surface area contributed by atoms with Crippen molar-refractivity contribution in [3.8, 4) is 0 Å². The molecule has 0 saturated carbocycles. The van der Waals surface area contributed by atoms with Gasteiger partial charge in [-0.2, -0.15) is 11.1 Å². The monoisotopic (exact) mass is 665 g/mol. The molecule has 0 amide bonds. The molecular formula is C33H46Cl3N3SiTi-. The van der Waals surface area contributed by atoms with Crippen LogP contribution in [0.25, 0.3) is 0 Å². The van der Waals surface area contributed by atoms with Gasteiger partial charge in [0.05, 0.1) is 0 Å². The molecule has 0 aliphatic heterocycles. The van der Waals surface area contributed by atoms with Crippen LogP contribution < -0.4 is 30.3 Å². The molecule has 4 rings (SSSR count). The van der Waals surface area contributed by atoms with Crippen molar-refractivity contribution in [3.63, 3.8) is 0 Å². The molecule has 1 aliphatic carbocycles. The Morgan fingerprint density at radius 1 is 0.561 bits per heavy atom. The minimum Gasteiger partial charge on any atom is -0.378 e. The number of hydrogen-bond donors (Lipinski definition) is 0. The van der Waals surface area contributed by atoms with Crippen molar-refractivity contribution in [1.82, 2.24) is 0 Å². The summed E-state index contributed by atoms with van der Waals surface area (Å²) < 4.78 is 0. The topological polar surface area (TPSA) is 9.72 Å². The molecule has 1 aliphatic rings. The number of halogens is 3. The van der Waals surface area contributed by atoms with Gasteiger partial charge in [0, 0.05) is 81.1 Å². The van der Waals surface area contributed by atoms with E-state index in [1.807, 2.05) is 0 Å². The summed E-state index contributed by atoms with van der Waals surface area (Å²) in [5.41, 5.74) is 8.12. The molecule has 0 heterocycles. The number of nitrogens with zero attached hydrogens (tertiary/aromatic N) is 3. The first kappa shape index (κ1) is 41.5. The smallest absolute Gasteiger partial charge is 0.162 e. The Balaban J connectivity index is 0. The van der Waals surface area contributed by atoms with Gasteiger partial charge in [0.25, 0.3) is 0 Å². The van der Waals surface area contributed by atoms with E-state index >= 15 is 0 Å². The summed E-state index contributed by atoms with van der Waals surface area (Å²) >= 11 is 0. The summed E-state index contributed by atoms with van der Waals surface area (Å²) in [4.78, 5) is 6.70. The van der Waals surface area contributed by atoms with Crippen molar-refractivity contribution in [1.29, 1.82) is 0 Å². The van der Waals surface area contributed by atoms with Gasteiger partial charge < -0.3 is 14.7 Å². The maximum atomic E-state index is 3.36. The van der Waals surface area contributed by atoms with E-state index < -0.39 is 8.80 Å². The van der Waals surface area contributed by atoms with Crippen LogP contribution in [0.3, 0.4) is 0 Å². The van der Waals surface area contributed by atoms with Crippen LogP contribution in [0.4, 0.5) is 17.1 Å². The van der Waals surface area contributed by atoms with Gasteiger partial charge in [-0.05, 0) is 33.8 Å². The average Bonchev–Trinajstić information content (AvgIpc) is 3.10. The molecule has 0 N–H and O–H groups in total. The number of anilines is 3. The molecule has 0 saturated heterocycles. The number of rotatable bonds is 6. The summed E-state index contributed by atoms with van der Waals surface area (Å²) in [5.74, 6) is 0.560. The zero-order valence-electron chi connectivity index (χ0n) is 26.1. The molecule has 0 aromatic heterocycles. The van der Waals surface area contributed by atoms with Gasteiger partial charge in [-0.25, -0.2) is 5.57 Å². The van der Waals surface area contributed by atoms with Crippen LogP contribution >= 0.6 is 37.2 Å². The van der Waals surface area contributed by atoms with E-state index in [-0.39, 0.29) is 58.9 Å². The molecular weight excluding hydrogens is 621 g/mol. The van der Waals surface area contributed by atoms with Gasteiger partial charge in [-0.3, -0.25) is 6.08 Å². The molecule has 41 heavy (non-hydrogen) atoms. The Hall–Kier alpha value is -1.66. The summed E-state index contributed by atoms with van der Waals surface area (Å²) in [6.45, 7) is 8.67. The zero-order valence-corrected chi connectivity index (χ0v) is 31.1. The minimum absolute atomic E-state index is 0. The zero-order chi connectivity index (χ0) is 27.3. The molecule has 3 nitrogen and oxygen atoms in total. The Labute approximate surface area is 284 Å². The summed E-state index contributed by atoms with van der Waals surface area (Å²) in [6.07, 6.45) is 3.36. The maximum absolute atomic E-state index is 3.36. The summed E-state index contributed by atoms with van der Waals surface area (Å²) in [7, 11) is 11.6. The fourth-order valence-electron chi connectivity index (χ4n) is 4.82. The number of hydrogen-bond acceptors (Lipinski definition) is 3.